The highest BCUT2D eigenvalue weighted by atomic mass is 35.5. The Labute approximate surface area is 142 Å². The van der Waals surface area contributed by atoms with E-state index in [4.69, 9.17) is 16.3 Å². The van der Waals surface area contributed by atoms with Crippen LogP contribution >= 0.6 is 11.6 Å². The van der Waals surface area contributed by atoms with Crippen LogP contribution in [0.3, 0.4) is 0 Å². The monoisotopic (exact) mass is 334 g/mol. The van der Waals surface area contributed by atoms with Crippen molar-refractivity contribution in [3.8, 4) is 0 Å². The second kappa shape index (κ2) is 6.42. The molecule has 1 saturated carbocycles. The quantitative estimate of drug-likeness (QED) is 0.918. The molecule has 1 amide bonds. The van der Waals surface area contributed by atoms with Crippen molar-refractivity contribution in [3.63, 3.8) is 0 Å². The summed E-state index contributed by atoms with van der Waals surface area (Å²) < 4.78 is 6.01. The summed E-state index contributed by atoms with van der Waals surface area (Å²) in [6.45, 7) is 2.83. The first-order chi connectivity index (χ1) is 11.2. The largest absolute Gasteiger partial charge is 0.375 e. The maximum absolute atomic E-state index is 12.2. The number of amides is 1. The standard InChI is InChI=1S/C18H23ClN2O2/c19-14-5-1-12(2-6-14)7-18(22)20-15-8-16-11-23-17(13-3-4-13)10-21(16)9-15/h1-2,5-6,13,15-17H,3-4,7-11H2,(H,20,22)/t15-,16-,17+/m0/s1. The zero-order valence-electron chi connectivity index (χ0n) is 13.2. The predicted octanol–water partition coefficient (Wildman–Crippen LogP) is 2.25. The SMILES string of the molecule is O=C(Cc1ccc(Cl)cc1)N[C@H]1C[C@H]2CO[C@@H](C3CC3)CN2C1. The number of morpholine rings is 1. The molecule has 124 valence electrons. The van der Waals surface area contributed by atoms with E-state index in [1.165, 1.54) is 12.8 Å². The molecule has 0 spiro atoms. The Balaban J connectivity index is 1.28. The van der Waals surface area contributed by atoms with E-state index in [0.29, 0.717) is 23.6 Å². The Morgan fingerprint density at radius 1 is 1.26 bits per heavy atom. The average Bonchev–Trinajstić information content (AvgIpc) is 3.30. The number of halogens is 1. The normalized spacial score (nSPS) is 30.9. The first-order valence-corrected chi connectivity index (χ1v) is 8.94. The number of nitrogens with zero attached hydrogens (tertiary/aromatic N) is 1. The summed E-state index contributed by atoms with van der Waals surface area (Å²) in [6.07, 6.45) is 4.49. The van der Waals surface area contributed by atoms with Crippen molar-refractivity contribution in [2.45, 2.75) is 43.9 Å². The van der Waals surface area contributed by atoms with Gasteiger partial charge in [0.15, 0.2) is 0 Å². The van der Waals surface area contributed by atoms with E-state index in [1.807, 2.05) is 24.3 Å². The molecule has 1 aromatic rings. The smallest absolute Gasteiger partial charge is 0.224 e. The molecule has 2 heterocycles. The third-order valence-corrected chi connectivity index (χ3v) is 5.49. The van der Waals surface area contributed by atoms with Crippen LogP contribution in [0.4, 0.5) is 0 Å². The van der Waals surface area contributed by atoms with Gasteiger partial charge in [-0.05, 0) is 42.9 Å². The fourth-order valence-corrected chi connectivity index (χ4v) is 3.95. The van der Waals surface area contributed by atoms with Crippen molar-refractivity contribution < 1.29 is 9.53 Å². The van der Waals surface area contributed by atoms with Crippen molar-refractivity contribution >= 4 is 17.5 Å². The van der Waals surface area contributed by atoms with Gasteiger partial charge in [-0.3, -0.25) is 9.69 Å². The van der Waals surface area contributed by atoms with E-state index >= 15 is 0 Å². The highest BCUT2D eigenvalue weighted by molar-refractivity contribution is 6.30. The average molecular weight is 335 g/mol. The molecule has 1 aromatic carbocycles. The lowest BCUT2D eigenvalue weighted by molar-refractivity contribution is -0.121. The van der Waals surface area contributed by atoms with Gasteiger partial charge < -0.3 is 10.1 Å². The number of carbonyl (C=O) groups is 1. The van der Waals surface area contributed by atoms with Crippen LogP contribution < -0.4 is 5.32 Å². The molecule has 3 aliphatic rings. The first-order valence-electron chi connectivity index (χ1n) is 8.57. The minimum absolute atomic E-state index is 0.0943. The van der Waals surface area contributed by atoms with Crippen LogP contribution in [0.25, 0.3) is 0 Å². The van der Waals surface area contributed by atoms with Gasteiger partial charge in [0.25, 0.3) is 0 Å². The molecule has 4 rings (SSSR count). The number of benzene rings is 1. The Morgan fingerprint density at radius 3 is 2.78 bits per heavy atom. The van der Waals surface area contributed by atoms with Crippen LogP contribution in [0.1, 0.15) is 24.8 Å². The fraction of sp³-hybridized carbons (Fsp3) is 0.611. The Bertz CT molecular complexity index is 573. The molecule has 4 nitrogen and oxygen atoms in total. The van der Waals surface area contributed by atoms with Crippen LogP contribution in [-0.4, -0.2) is 48.7 Å². The van der Waals surface area contributed by atoms with E-state index in [-0.39, 0.29) is 11.9 Å². The molecular formula is C18H23ClN2O2. The number of ether oxygens (including phenoxy) is 1. The topological polar surface area (TPSA) is 41.6 Å². The molecule has 0 aromatic heterocycles. The van der Waals surface area contributed by atoms with Crippen LogP contribution in [-0.2, 0) is 16.0 Å². The van der Waals surface area contributed by atoms with Gasteiger partial charge in [0.05, 0.1) is 19.1 Å². The molecule has 3 fully saturated rings. The molecular weight excluding hydrogens is 312 g/mol. The van der Waals surface area contributed by atoms with Crippen molar-refractivity contribution in [1.29, 1.82) is 0 Å². The number of nitrogens with one attached hydrogen (secondary N) is 1. The van der Waals surface area contributed by atoms with Gasteiger partial charge in [-0.2, -0.15) is 0 Å². The number of rotatable bonds is 4. The first kappa shape index (κ1) is 15.4. The molecule has 2 aliphatic heterocycles. The zero-order chi connectivity index (χ0) is 15.8. The third kappa shape index (κ3) is 3.70. The number of hydrogen-bond donors (Lipinski definition) is 1. The predicted molar refractivity (Wildman–Crippen MR) is 89.5 cm³/mol. The van der Waals surface area contributed by atoms with Gasteiger partial charge in [0.2, 0.25) is 5.91 Å². The van der Waals surface area contributed by atoms with Gasteiger partial charge in [-0.1, -0.05) is 23.7 Å². The molecule has 0 bridgehead atoms. The highest BCUT2D eigenvalue weighted by Crippen LogP contribution is 2.37. The van der Waals surface area contributed by atoms with Crippen LogP contribution in [0.5, 0.6) is 0 Å². The maximum atomic E-state index is 12.2. The minimum atomic E-state index is 0.0943. The lowest BCUT2D eigenvalue weighted by Gasteiger charge is -2.35. The minimum Gasteiger partial charge on any atom is -0.375 e. The van der Waals surface area contributed by atoms with E-state index < -0.39 is 0 Å². The van der Waals surface area contributed by atoms with Crippen molar-refractivity contribution in [1.82, 2.24) is 10.2 Å². The summed E-state index contributed by atoms with van der Waals surface area (Å²) in [5.41, 5.74) is 1.000. The van der Waals surface area contributed by atoms with Crippen molar-refractivity contribution in [3.05, 3.63) is 34.9 Å². The summed E-state index contributed by atoms with van der Waals surface area (Å²) in [7, 11) is 0. The fourth-order valence-electron chi connectivity index (χ4n) is 3.82. The summed E-state index contributed by atoms with van der Waals surface area (Å²) in [4.78, 5) is 14.8. The molecule has 0 unspecified atom stereocenters. The Morgan fingerprint density at radius 2 is 2.04 bits per heavy atom. The summed E-state index contributed by atoms with van der Waals surface area (Å²) in [6, 6.07) is 8.21. The van der Waals surface area contributed by atoms with E-state index in [9.17, 15) is 4.79 Å². The van der Waals surface area contributed by atoms with Gasteiger partial charge in [-0.15, -0.1) is 0 Å². The van der Waals surface area contributed by atoms with Gasteiger partial charge in [0, 0.05) is 30.2 Å². The summed E-state index contributed by atoms with van der Waals surface area (Å²) >= 11 is 5.88. The highest BCUT2D eigenvalue weighted by Gasteiger charge is 2.42. The zero-order valence-corrected chi connectivity index (χ0v) is 14.0. The summed E-state index contributed by atoms with van der Waals surface area (Å²) in [5.74, 6) is 0.881. The van der Waals surface area contributed by atoms with Gasteiger partial charge in [-0.25, -0.2) is 0 Å². The lowest BCUT2D eigenvalue weighted by Crippen LogP contribution is -2.47. The third-order valence-electron chi connectivity index (χ3n) is 5.24. The summed E-state index contributed by atoms with van der Waals surface area (Å²) in [5, 5.41) is 3.89. The molecule has 0 radical (unpaired) electrons. The molecule has 3 atom stereocenters. The molecule has 1 aliphatic carbocycles. The lowest BCUT2D eigenvalue weighted by atomic mass is 10.1. The molecule has 2 saturated heterocycles. The Kier molecular flexibility index (Phi) is 4.31. The van der Waals surface area contributed by atoms with E-state index in [0.717, 1.165) is 37.6 Å². The van der Waals surface area contributed by atoms with Gasteiger partial charge in [0.1, 0.15) is 0 Å². The van der Waals surface area contributed by atoms with Crippen LogP contribution in [0.2, 0.25) is 5.02 Å². The molecule has 5 heteroatoms. The molecule has 23 heavy (non-hydrogen) atoms. The van der Waals surface area contributed by atoms with E-state index in [1.54, 1.807) is 0 Å². The maximum Gasteiger partial charge on any atom is 0.224 e. The van der Waals surface area contributed by atoms with Gasteiger partial charge >= 0.3 is 0 Å². The second-order valence-electron chi connectivity index (χ2n) is 7.12. The van der Waals surface area contributed by atoms with Crippen molar-refractivity contribution in [2.24, 2.45) is 5.92 Å². The van der Waals surface area contributed by atoms with Crippen molar-refractivity contribution in [2.75, 3.05) is 19.7 Å². The number of carbonyl (C=O) groups excluding carboxylic acids is 1. The second-order valence-corrected chi connectivity index (χ2v) is 7.56. The van der Waals surface area contributed by atoms with E-state index in [2.05, 4.69) is 10.2 Å². The van der Waals surface area contributed by atoms with Crippen LogP contribution in [0.15, 0.2) is 24.3 Å². The number of hydrogen-bond acceptors (Lipinski definition) is 3. The van der Waals surface area contributed by atoms with Crippen LogP contribution in [0, 0.1) is 5.92 Å². The molecule has 1 N–H and O–H groups in total. The Hall–Kier alpha value is -1.10. The number of fused-ring (bicyclic) bond motifs is 1.